The van der Waals surface area contributed by atoms with Crippen molar-refractivity contribution in [1.82, 2.24) is 5.32 Å². The molecule has 0 aliphatic carbocycles. The van der Waals surface area contributed by atoms with Crippen LogP contribution in [0.25, 0.3) is 0 Å². The van der Waals surface area contributed by atoms with Crippen LogP contribution in [0.4, 0.5) is 11.4 Å². The molecule has 1 aromatic rings. The molecule has 0 aromatic heterocycles. The van der Waals surface area contributed by atoms with E-state index in [1.54, 1.807) is 0 Å². The number of anilines is 2. The van der Waals surface area contributed by atoms with E-state index in [1.165, 1.54) is 0 Å². The fraction of sp³-hybridized carbons (Fsp3) is 0.562. The largest absolute Gasteiger partial charge is 0.378 e. The fourth-order valence-corrected chi connectivity index (χ4v) is 3.17. The number of amides is 1. The molecule has 136 valence electrons. The van der Waals surface area contributed by atoms with Gasteiger partial charge in [-0.05, 0) is 37.2 Å². The first-order valence-electron chi connectivity index (χ1n) is 7.79. The summed E-state index contributed by atoms with van der Waals surface area (Å²) in [6, 6.07) is 6.05. The monoisotopic (exact) mass is 439 g/mol. The van der Waals surface area contributed by atoms with E-state index in [1.807, 2.05) is 19.1 Å². The van der Waals surface area contributed by atoms with Crippen LogP contribution in [-0.2, 0) is 9.53 Å². The van der Waals surface area contributed by atoms with Crippen molar-refractivity contribution in [3.63, 3.8) is 0 Å². The number of hydrogen-bond acceptors (Lipinski definition) is 4. The number of rotatable bonds is 4. The maximum atomic E-state index is 12.5. The maximum Gasteiger partial charge on any atom is 0.227 e. The van der Waals surface area contributed by atoms with Gasteiger partial charge in [-0.2, -0.15) is 0 Å². The molecule has 5 nitrogen and oxygen atoms in total. The molecular weight excluding hydrogens is 417 g/mol. The first-order valence-corrected chi connectivity index (χ1v) is 8.58. The van der Waals surface area contributed by atoms with Crippen molar-refractivity contribution < 1.29 is 9.53 Å². The Labute approximate surface area is 163 Å². The topological polar surface area (TPSA) is 53.6 Å². The number of hydrogen-bond donors (Lipinski definition) is 2. The Balaban J connectivity index is 0.00000144. The fourth-order valence-electron chi connectivity index (χ4n) is 2.81. The second kappa shape index (κ2) is 9.82. The van der Waals surface area contributed by atoms with Crippen LogP contribution in [0.2, 0.25) is 0 Å². The quantitative estimate of drug-likeness (QED) is 0.755. The number of nitrogens with zero attached hydrogens (tertiary/aromatic N) is 1. The number of benzene rings is 1. The smallest absolute Gasteiger partial charge is 0.227 e. The molecule has 2 saturated heterocycles. The Morgan fingerprint density at radius 2 is 2.00 bits per heavy atom. The highest BCUT2D eigenvalue weighted by molar-refractivity contribution is 9.10. The lowest BCUT2D eigenvalue weighted by Crippen LogP contribution is -2.48. The molecule has 0 bridgehead atoms. The van der Waals surface area contributed by atoms with E-state index in [4.69, 9.17) is 4.74 Å². The van der Waals surface area contributed by atoms with Gasteiger partial charge in [0, 0.05) is 23.5 Å². The minimum Gasteiger partial charge on any atom is -0.378 e. The van der Waals surface area contributed by atoms with Gasteiger partial charge in [0.1, 0.15) is 0 Å². The van der Waals surface area contributed by atoms with Crippen molar-refractivity contribution in [1.29, 1.82) is 0 Å². The van der Waals surface area contributed by atoms with Crippen molar-refractivity contribution >= 4 is 58.0 Å². The summed E-state index contributed by atoms with van der Waals surface area (Å²) in [7, 11) is 0. The molecule has 2 fully saturated rings. The van der Waals surface area contributed by atoms with Crippen LogP contribution in [-0.4, -0.2) is 45.3 Å². The highest BCUT2D eigenvalue weighted by Gasteiger charge is 2.29. The van der Waals surface area contributed by atoms with E-state index in [9.17, 15) is 4.79 Å². The molecule has 2 N–H and O–H groups in total. The van der Waals surface area contributed by atoms with E-state index in [2.05, 4.69) is 37.5 Å². The number of nitrogens with one attached hydrogen (secondary N) is 2. The van der Waals surface area contributed by atoms with Gasteiger partial charge in [-0.3, -0.25) is 4.79 Å². The van der Waals surface area contributed by atoms with Crippen LogP contribution in [0.3, 0.4) is 0 Å². The normalized spacial score (nSPS) is 18.7. The zero-order chi connectivity index (χ0) is 15.5. The zero-order valence-electron chi connectivity index (χ0n) is 13.6. The average Bonchev–Trinajstić information content (AvgIpc) is 2.46. The Morgan fingerprint density at radius 1 is 1.33 bits per heavy atom. The van der Waals surface area contributed by atoms with Crippen LogP contribution in [0, 0.1) is 11.8 Å². The molecule has 2 heterocycles. The van der Waals surface area contributed by atoms with Crippen molar-refractivity contribution in [3.05, 3.63) is 22.7 Å². The molecule has 2 aliphatic heterocycles. The van der Waals surface area contributed by atoms with Gasteiger partial charge in [0.2, 0.25) is 5.91 Å². The third kappa shape index (κ3) is 4.99. The van der Waals surface area contributed by atoms with Gasteiger partial charge in [-0.15, -0.1) is 24.8 Å². The Morgan fingerprint density at radius 3 is 2.58 bits per heavy atom. The lowest BCUT2D eigenvalue weighted by atomic mass is 9.88. The lowest BCUT2D eigenvalue weighted by Gasteiger charge is -2.33. The molecule has 0 spiro atoms. The summed E-state index contributed by atoms with van der Waals surface area (Å²) in [6.07, 6.45) is 0. The predicted octanol–water partition coefficient (Wildman–Crippen LogP) is 2.92. The number of halogens is 3. The summed E-state index contributed by atoms with van der Waals surface area (Å²) >= 11 is 3.50. The lowest BCUT2D eigenvalue weighted by molar-refractivity contribution is -0.121. The second-order valence-electron chi connectivity index (χ2n) is 5.96. The van der Waals surface area contributed by atoms with Gasteiger partial charge in [-0.1, -0.05) is 22.9 Å². The first kappa shape index (κ1) is 21.5. The molecule has 0 radical (unpaired) electrons. The first-order chi connectivity index (χ1) is 10.6. The van der Waals surface area contributed by atoms with Crippen LogP contribution in [0.1, 0.15) is 6.92 Å². The van der Waals surface area contributed by atoms with E-state index < -0.39 is 0 Å². The maximum absolute atomic E-state index is 12.5. The van der Waals surface area contributed by atoms with Crippen LogP contribution in [0.15, 0.2) is 22.7 Å². The van der Waals surface area contributed by atoms with Crippen molar-refractivity contribution in [2.24, 2.45) is 11.8 Å². The number of carbonyl (C=O) groups is 1. The van der Waals surface area contributed by atoms with Crippen molar-refractivity contribution in [2.75, 3.05) is 49.6 Å². The molecule has 3 rings (SSSR count). The van der Waals surface area contributed by atoms with Gasteiger partial charge in [0.15, 0.2) is 0 Å². The average molecular weight is 441 g/mol. The van der Waals surface area contributed by atoms with Gasteiger partial charge in [0.25, 0.3) is 0 Å². The van der Waals surface area contributed by atoms with Crippen molar-refractivity contribution in [2.45, 2.75) is 6.92 Å². The summed E-state index contributed by atoms with van der Waals surface area (Å²) < 4.78 is 6.38. The molecule has 1 unspecified atom stereocenters. The van der Waals surface area contributed by atoms with Crippen LogP contribution >= 0.6 is 40.7 Å². The third-order valence-electron chi connectivity index (χ3n) is 4.50. The summed E-state index contributed by atoms with van der Waals surface area (Å²) in [5.74, 6) is 0.566. The molecule has 2 aliphatic rings. The van der Waals surface area contributed by atoms with E-state index >= 15 is 0 Å². The molecule has 1 aromatic carbocycles. The molecule has 1 amide bonds. The number of carbonyl (C=O) groups excluding carboxylic acids is 1. The SMILES string of the molecule is CC(C(=O)Nc1cc(Br)ccc1N1CCOCC1)C1CNC1.Cl.Cl. The van der Waals surface area contributed by atoms with Gasteiger partial charge in [0.05, 0.1) is 24.6 Å². The standard InChI is InChI=1S/C16H22BrN3O2.2ClH/c1-11(12-9-18-10-12)16(21)19-14-8-13(17)2-3-15(14)20-4-6-22-7-5-20;;/h2-3,8,11-12,18H,4-7,9-10H2,1H3,(H,19,21);2*1H. The highest BCUT2D eigenvalue weighted by Crippen LogP contribution is 2.31. The summed E-state index contributed by atoms with van der Waals surface area (Å²) in [5.41, 5.74) is 1.94. The molecule has 0 saturated carbocycles. The third-order valence-corrected chi connectivity index (χ3v) is 5.00. The number of ether oxygens (including phenoxy) is 1. The van der Waals surface area contributed by atoms with Gasteiger partial charge in [-0.25, -0.2) is 0 Å². The Kier molecular flexibility index (Phi) is 8.81. The second-order valence-corrected chi connectivity index (χ2v) is 6.87. The molecule has 8 heteroatoms. The molecule has 1 atom stereocenters. The molecular formula is C16H24BrCl2N3O2. The minimum atomic E-state index is 0. The summed E-state index contributed by atoms with van der Waals surface area (Å²) in [6.45, 7) is 7.04. The summed E-state index contributed by atoms with van der Waals surface area (Å²) in [5, 5.41) is 6.34. The predicted molar refractivity (Wildman–Crippen MR) is 106 cm³/mol. The number of morpholine rings is 1. The zero-order valence-corrected chi connectivity index (χ0v) is 16.8. The van der Waals surface area contributed by atoms with Crippen LogP contribution in [0.5, 0.6) is 0 Å². The molecule has 24 heavy (non-hydrogen) atoms. The van der Waals surface area contributed by atoms with Crippen LogP contribution < -0.4 is 15.5 Å². The van der Waals surface area contributed by atoms with Gasteiger partial charge < -0.3 is 20.3 Å². The van der Waals surface area contributed by atoms with Crippen molar-refractivity contribution in [3.8, 4) is 0 Å². The Bertz CT molecular complexity index is 552. The minimum absolute atomic E-state index is 0. The van der Waals surface area contributed by atoms with E-state index in [0.717, 1.165) is 55.2 Å². The van der Waals surface area contributed by atoms with E-state index in [-0.39, 0.29) is 36.6 Å². The summed E-state index contributed by atoms with van der Waals surface area (Å²) in [4.78, 5) is 14.8. The Hall–Kier alpha value is -0.530. The highest BCUT2D eigenvalue weighted by atomic mass is 79.9. The van der Waals surface area contributed by atoms with E-state index in [0.29, 0.717) is 5.92 Å². The van der Waals surface area contributed by atoms with Gasteiger partial charge >= 0.3 is 0 Å².